The topological polar surface area (TPSA) is 37.3 Å². The Hall–Kier alpha value is -0.0900. The third-order valence-electron chi connectivity index (χ3n) is 1.05. The fourth-order valence-corrected chi connectivity index (χ4v) is 2.08. The molecule has 0 amide bonds. The van der Waals surface area contributed by atoms with Gasteiger partial charge in [0.05, 0.1) is 0 Å². The van der Waals surface area contributed by atoms with Crippen molar-refractivity contribution in [2.24, 2.45) is 0 Å². The molecule has 0 aliphatic carbocycles. The molecule has 1 unspecified atom stereocenters. The fraction of sp³-hybridized carbons (Fsp3) is 0.571. The molecule has 1 N–H and O–H groups in total. The van der Waals surface area contributed by atoms with Crippen LogP contribution >= 0.6 is 21.6 Å². The van der Waals surface area contributed by atoms with Crippen molar-refractivity contribution in [1.29, 1.82) is 0 Å². The van der Waals surface area contributed by atoms with Crippen LogP contribution in [0.4, 0.5) is 0 Å². The molecule has 0 aromatic heterocycles. The SMILES string of the molecule is C=CSSC(C)CCC(=O)O. The molecular formula is C7H12O2S2. The molecule has 64 valence electrons. The summed E-state index contributed by atoms with van der Waals surface area (Å²) in [7, 11) is 3.21. The number of hydrogen-bond acceptors (Lipinski definition) is 3. The molecule has 0 bridgehead atoms. The molecule has 4 heteroatoms. The van der Waals surface area contributed by atoms with Gasteiger partial charge in [-0.2, -0.15) is 0 Å². The molecule has 0 radical (unpaired) electrons. The average molecular weight is 192 g/mol. The molecule has 0 heterocycles. The summed E-state index contributed by atoms with van der Waals surface area (Å²) in [6, 6.07) is 0. The van der Waals surface area contributed by atoms with Crippen LogP contribution in [-0.4, -0.2) is 16.3 Å². The van der Waals surface area contributed by atoms with Gasteiger partial charge in [0.2, 0.25) is 0 Å². The lowest BCUT2D eigenvalue weighted by molar-refractivity contribution is -0.137. The largest absolute Gasteiger partial charge is 0.481 e. The van der Waals surface area contributed by atoms with Crippen LogP contribution in [-0.2, 0) is 4.79 Å². The van der Waals surface area contributed by atoms with Crippen LogP contribution in [0.25, 0.3) is 0 Å². The Bertz CT molecular complexity index is 136. The highest BCUT2D eigenvalue weighted by Gasteiger charge is 2.04. The zero-order chi connectivity index (χ0) is 8.69. The Kier molecular flexibility index (Phi) is 6.56. The van der Waals surface area contributed by atoms with Crippen LogP contribution in [0.3, 0.4) is 0 Å². The summed E-state index contributed by atoms with van der Waals surface area (Å²) in [5.74, 6) is -0.721. The van der Waals surface area contributed by atoms with Crippen molar-refractivity contribution in [3.05, 3.63) is 12.0 Å². The van der Waals surface area contributed by atoms with Crippen molar-refractivity contribution in [3.8, 4) is 0 Å². The zero-order valence-electron chi connectivity index (χ0n) is 6.45. The Balaban J connectivity index is 3.28. The standard InChI is InChI=1S/C7H12O2S2/c1-3-10-11-6(2)4-5-7(8)9/h3,6H,1,4-5H2,2H3,(H,8,9). The molecule has 0 aromatic carbocycles. The molecule has 2 nitrogen and oxygen atoms in total. The van der Waals surface area contributed by atoms with Crippen LogP contribution < -0.4 is 0 Å². The summed E-state index contributed by atoms with van der Waals surface area (Å²) in [6.07, 6.45) is 0.979. The Labute approximate surface area is 74.8 Å². The first kappa shape index (κ1) is 10.9. The second-order valence-electron chi connectivity index (χ2n) is 2.10. The van der Waals surface area contributed by atoms with Crippen LogP contribution in [0.2, 0.25) is 0 Å². The van der Waals surface area contributed by atoms with Gasteiger partial charge in [0, 0.05) is 11.7 Å². The minimum atomic E-state index is -0.721. The van der Waals surface area contributed by atoms with Gasteiger partial charge < -0.3 is 5.11 Å². The van der Waals surface area contributed by atoms with E-state index in [-0.39, 0.29) is 6.42 Å². The molecule has 11 heavy (non-hydrogen) atoms. The molecule has 0 saturated heterocycles. The molecule has 0 fully saturated rings. The van der Waals surface area contributed by atoms with E-state index in [9.17, 15) is 4.79 Å². The van der Waals surface area contributed by atoms with Crippen molar-refractivity contribution >= 4 is 27.6 Å². The fourth-order valence-electron chi connectivity index (χ4n) is 0.509. The van der Waals surface area contributed by atoms with Gasteiger partial charge in [0.1, 0.15) is 0 Å². The van der Waals surface area contributed by atoms with Crippen molar-refractivity contribution < 1.29 is 9.90 Å². The zero-order valence-corrected chi connectivity index (χ0v) is 8.08. The van der Waals surface area contributed by atoms with E-state index in [1.165, 1.54) is 0 Å². The Morgan fingerprint density at radius 3 is 2.91 bits per heavy atom. The van der Waals surface area contributed by atoms with Gasteiger partial charge in [-0.3, -0.25) is 4.79 Å². The smallest absolute Gasteiger partial charge is 0.303 e. The Morgan fingerprint density at radius 2 is 2.45 bits per heavy atom. The van der Waals surface area contributed by atoms with E-state index in [0.29, 0.717) is 5.25 Å². The van der Waals surface area contributed by atoms with Crippen LogP contribution in [0.1, 0.15) is 19.8 Å². The molecular weight excluding hydrogens is 180 g/mol. The Morgan fingerprint density at radius 1 is 1.82 bits per heavy atom. The highest BCUT2D eigenvalue weighted by Crippen LogP contribution is 2.29. The quantitative estimate of drug-likeness (QED) is 0.657. The normalized spacial score (nSPS) is 12.5. The van der Waals surface area contributed by atoms with E-state index in [1.54, 1.807) is 27.0 Å². The van der Waals surface area contributed by atoms with Crippen molar-refractivity contribution in [2.45, 2.75) is 25.0 Å². The van der Waals surface area contributed by atoms with Crippen LogP contribution in [0.15, 0.2) is 12.0 Å². The van der Waals surface area contributed by atoms with Gasteiger partial charge in [-0.15, -0.1) is 0 Å². The van der Waals surface area contributed by atoms with Gasteiger partial charge in [-0.25, -0.2) is 0 Å². The third kappa shape index (κ3) is 7.81. The number of hydrogen-bond donors (Lipinski definition) is 1. The molecule has 0 aliphatic rings. The summed E-state index contributed by atoms with van der Waals surface area (Å²) < 4.78 is 0. The van der Waals surface area contributed by atoms with Gasteiger partial charge in [0.15, 0.2) is 0 Å². The van der Waals surface area contributed by atoms with Gasteiger partial charge in [-0.05, 0) is 11.8 Å². The lowest BCUT2D eigenvalue weighted by Crippen LogP contribution is -2.00. The van der Waals surface area contributed by atoms with E-state index in [4.69, 9.17) is 5.11 Å². The maximum Gasteiger partial charge on any atom is 0.303 e. The minimum absolute atomic E-state index is 0.256. The number of carboxylic acids is 1. The molecule has 0 aromatic rings. The highest BCUT2D eigenvalue weighted by molar-refractivity contribution is 8.78. The molecule has 0 aliphatic heterocycles. The van der Waals surface area contributed by atoms with E-state index < -0.39 is 5.97 Å². The van der Waals surface area contributed by atoms with Gasteiger partial charge in [-0.1, -0.05) is 35.1 Å². The first-order valence-electron chi connectivity index (χ1n) is 3.31. The molecule has 0 spiro atoms. The number of carbonyl (C=O) groups is 1. The minimum Gasteiger partial charge on any atom is -0.481 e. The first-order chi connectivity index (χ1) is 5.16. The lowest BCUT2D eigenvalue weighted by atomic mass is 10.2. The monoisotopic (exact) mass is 192 g/mol. The van der Waals surface area contributed by atoms with Gasteiger partial charge in [0.25, 0.3) is 0 Å². The summed E-state index contributed by atoms with van der Waals surface area (Å²) in [5, 5.41) is 10.5. The van der Waals surface area contributed by atoms with Gasteiger partial charge >= 0.3 is 5.97 Å². The number of aliphatic carboxylic acids is 1. The van der Waals surface area contributed by atoms with Crippen molar-refractivity contribution in [2.75, 3.05) is 0 Å². The summed E-state index contributed by atoms with van der Waals surface area (Å²) >= 11 is 0. The third-order valence-corrected chi connectivity index (χ3v) is 3.59. The second-order valence-corrected chi connectivity index (χ2v) is 4.78. The van der Waals surface area contributed by atoms with E-state index in [2.05, 4.69) is 6.58 Å². The van der Waals surface area contributed by atoms with Crippen LogP contribution in [0, 0.1) is 0 Å². The predicted molar refractivity (Wildman–Crippen MR) is 51.7 cm³/mol. The van der Waals surface area contributed by atoms with Crippen molar-refractivity contribution in [1.82, 2.24) is 0 Å². The summed E-state index contributed by atoms with van der Waals surface area (Å²) in [5.41, 5.74) is 0. The van der Waals surface area contributed by atoms with E-state index >= 15 is 0 Å². The average Bonchev–Trinajstić information content (AvgIpc) is 1.97. The van der Waals surface area contributed by atoms with Crippen LogP contribution in [0.5, 0.6) is 0 Å². The summed E-state index contributed by atoms with van der Waals surface area (Å²) in [4.78, 5) is 10.1. The van der Waals surface area contributed by atoms with E-state index in [0.717, 1.165) is 6.42 Å². The maximum absolute atomic E-state index is 10.1. The molecule has 1 atom stereocenters. The predicted octanol–water partition coefficient (Wildman–Crippen LogP) is 2.76. The lowest BCUT2D eigenvalue weighted by Gasteiger charge is -2.05. The van der Waals surface area contributed by atoms with E-state index in [1.807, 2.05) is 6.92 Å². The molecule has 0 rings (SSSR count). The first-order valence-corrected chi connectivity index (χ1v) is 5.59. The van der Waals surface area contributed by atoms with Crippen molar-refractivity contribution in [3.63, 3.8) is 0 Å². The summed E-state index contributed by atoms with van der Waals surface area (Å²) in [6.45, 7) is 5.57. The highest BCUT2D eigenvalue weighted by atomic mass is 33.1. The second kappa shape index (κ2) is 6.61. The number of rotatable bonds is 6. The maximum atomic E-state index is 10.1. The molecule has 0 saturated carbocycles. The number of carboxylic acid groups (broad SMARTS) is 1.